The number of aromatic carboxylic acids is 1. The van der Waals surface area contributed by atoms with Gasteiger partial charge < -0.3 is 15.2 Å². The summed E-state index contributed by atoms with van der Waals surface area (Å²) in [7, 11) is 0. The van der Waals surface area contributed by atoms with Crippen LogP contribution in [-0.4, -0.2) is 35.1 Å². The highest BCUT2D eigenvalue weighted by Crippen LogP contribution is 2.27. The number of carbonyl (C=O) groups is 2. The quantitative estimate of drug-likeness (QED) is 0.573. The van der Waals surface area contributed by atoms with Crippen LogP contribution in [0, 0.1) is 10.1 Å². The predicted molar refractivity (Wildman–Crippen MR) is 68.9 cm³/mol. The van der Waals surface area contributed by atoms with Gasteiger partial charge in [0.2, 0.25) is 0 Å². The number of hydrogen-bond acceptors (Lipinski definition) is 5. The fourth-order valence-corrected chi connectivity index (χ4v) is 1.37. The fourth-order valence-electron chi connectivity index (χ4n) is 1.37. The lowest BCUT2D eigenvalue weighted by Gasteiger charge is -2.07. The molecular weight excluding hydrogens is 268 g/mol. The van der Waals surface area contributed by atoms with Crippen LogP contribution >= 0.6 is 0 Å². The van der Waals surface area contributed by atoms with Gasteiger partial charge in [0.05, 0.1) is 10.5 Å². The van der Waals surface area contributed by atoms with Gasteiger partial charge in [-0.1, -0.05) is 6.92 Å². The van der Waals surface area contributed by atoms with E-state index >= 15 is 0 Å². The van der Waals surface area contributed by atoms with Crippen LogP contribution in [0.3, 0.4) is 0 Å². The third-order valence-electron chi connectivity index (χ3n) is 2.33. The van der Waals surface area contributed by atoms with Crippen LogP contribution in [0.1, 0.15) is 23.7 Å². The van der Waals surface area contributed by atoms with Crippen molar-refractivity contribution in [2.45, 2.75) is 13.3 Å². The second kappa shape index (κ2) is 7.07. The van der Waals surface area contributed by atoms with Gasteiger partial charge in [0, 0.05) is 18.7 Å². The van der Waals surface area contributed by atoms with Crippen molar-refractivity contribution in [3.05, 3.63) is 33.9 Å². The number of carboxylic acids is 1. The number of nitro groups is 1. The molecule has 1 amide bonds. The number of nitro benzene ring substituents is 1. The average Bonchev–Trinajstić information content (AvgIpc) is 2.42. The Balaban J connectivity index is 2.85. The molecule has 0 fully saturated rings. The first-order chi connectivity index (χ1) is 9.45. The summed E-state index contributed by atoms with van der Waals surface area (Å²) < 4.78 is 5.03. The van der Waals surface area contributed by atoms with E-state index < -0.39 is 29.1 Å². The summed E-state index contributed by atoms with van der Waals surface area (Å²) in [6, 6.07) is 3.15. The molecule has 0 heterocycles. The molecule has 20 heavy (non-hydrogen) atoms. The highest BCUT2D eigenvalue weighted by Gasteiger charge is 2.18. The number of benzene rings is 1. The number of rotatable bonds is 7. The molecule has 0 radical (unpaired) electrons. The zero-order valence-electron chi connectivity index (χ0n) is 10.8. The second-order valence-electron chi connectivity index (χ2n) is 3.88. The van der Waals surface area contributed by atoms with E-state index in [-0.39, 0.29) is 11.3 Å². The molecule has 1 rings (SSSR count). The third-order valence-corrected chi connectivity index (χ3v) is 2.33. The Hall–Kier alpha value is -2.64. The molecule has 0 saturated carbocycles. The van der Waals surface area contributed by atoms with E-state index in [0.29, 0.717) is 6.54 Å². The Morgan fingerprint density at radius 1 is 1.45 bits per heavy atom. The minimum atomic E-state index is -1.24. The lowest BCUT2D eigenvalue weighted by molar-refractivity contribution is -0.385. The molecule has 0 aliphatic heterocycles. The summed E-state index contributed by atoms with van der Waals surface area (Å²) in [6.45, 7) is 1.94. The van der Waals surface area contributed by atoms with Gasteiger partial charge in [-0.2, -0.15) is 0 Å². The number of nitrogens with zero attached hydrogens (tertiary/aromatic N) is 1. The van der Waals surface area contributed by atoms with E-state index in [9.17, 15) is 19.7 Å². The van der Waals surface area contributed by atoms with Crippen LogP contribution in [0.5, 0.6) is 5.75 Å². The van der Waals surface area contributed by atoms with Crippen molar-refractivity contribution in [1.82, 2.24) is 5.32 Å². The van der Waals surface area contributed by atoms with Crippen LogP contribution in [-0.2, 0) is 4.79 Å². The lowest BCUT2D eigenvalue weighted by Crippen LogP contribution is -2.29. The van der Waals surface area contributed by atoms with E-state index in [1.54, 1.807) is 0 Å². The molecule has 1 aromatic rings. The first-order valence-corrected chi connectivity index (χ1v) is 5.87. The van der Waals surface area contributed by atoms with Crippen molar-refractivity contribution in [3.8, 4) is 5.75 Å². The van der Waals surface area contributed by atoms with E-state index in [4.69, 9.17) is 9.84 Å². The topological polar surface area (TPSA) is 119 Å². The number of carbonyl (C=O) groups excluding carboxylic acids is 1. The molecule has 0 atom stereocenters. The zero-order chi connectivity index (χ0) is 15.1. The molecule has 0 saturated heterocycles. The predicted octanol–water partition coefficient (Wildman–Crippen LogP) is 1.20. The molecule has 2 N–H and O–H groups in total. The average molecular weight is 282 g/mol. The summed E-state index contributed by atoms with van der Waals surface area (Å²) >= 11 is 0. The summed E-state index contributed by atoms with van der Waals surface area (Å²) in [5, 5.41) is 22.2. The first-order valence-electron chi connectivity index (χ1n) is 5.87. The Morgan fingerprint density at radius 3 is 2.70 bits per heavy atom. The van der Waals surface area contributed by atoms with Gasteiger partial charge in [-0.15, -0.1) is 0 Å². The van der Waals surface area contributed by atoms with Crippen LogP contribution < -0.4 is 10.1 Å². The number of ether oxygens (including phenoxy) is 1. The fraction of sp³-hybridized carbons (Fsp3) is 0.333. The summed E-state index contributed by atoms with van der Waals surface area (Å²) in [5.74, 6) is -1.91. The monoisotopic (exact) mass is 282 g/mol. The number of carboxylic acid groups (broad SMARTS) is 1. The van der Waals surface area contributed by atoms with Gasteiger partial charge in [0.25, 0.3) is 5.91 Å². The SMILES string of the molecule is CCCNC(=O)COc1cc(C(=O)O)ccc1[N+](=O)[O-]. The van der Waals surface area contributed by atoms with Gasteiger partial charge in [-0.25, -0.2) is 4.79 Å². The highest BCUT2D eigenvalue weighted by atomic mass is 16.6. The highest BCUT2D eigenvalue weighted by molar-refractivity contribution is 5.88. The van der Waals surface area contributed by atoms with Gasteiger partial charge in [0.15, 0.2) is 12.4 Å². The van der Waals surface area contributed by atoms with Crippen LogP contribution in [0.25, 0.3) is 0 Å². The van der Waals surface area contributed by atoms with Crippen molar-refractivity contribution < 1.29 is 24.4 Å². The molecule has 0 aliphatic carbocycles. The van der Waals surface area contributed by atoms with Crippen molar-refractivity contribution in [1.29, 1.82) is 0 Å². The summed E-state index contributed by atoms with van der Waals surface area (Å²) in [6.07, 6.45) is 0.750. The Bertz CT molecular complexity index is 529. The van der Waals surface area contributed by atoms with E-state index in [1.807, 2.05) is 6.92 Å². The Labute approximate surface area is 114 Å². The largest absolute Gasteiger partial charge is 0.478 e. The Kier molecular flexibility index (Phi) is 5.45. The van der Waals surface area contributed by atoms with Gasteiger partial charge in [-0.3, -0.25) is 14.9 Å². The number of nitrogens with one attached hydrogen (secondary N) is 1. The van der Waals surface area contributed by atoms with E-state index in [0.717, 1.165) is 24.6 Å². The van der Waals surface area contributed by atoms with Crippen molar-refractivity contribution in [2.75, 3.05) is 13.2 Å². The summed E-state index contributed by atoms with van der Waals surface area (Å²) in [5.41, 5.74) is -0.544. The van der Waals surface area contributed by atoms with Crippen LogP contribution in [0.15, 0.2) is 18.2 Å². The molecule has 0 aromatic heterocycles. The molecule has 0 spiro atoms. The Morgan fingerprint density at radius 2 is 2.15 bits per heavy atom. The third kappa shape index (κ3) is 4.23. The second-order valence-corrected chi connectivity index (χ2v) is 3.88. The number of amides is 1. The minimum absolute atomic E-state index is 0.153. The van der Waals surface area contributed by atoms with Crippen molar-refractivity contribution in [2.24, 2.45) is 0 Å². The lowest BCUT2D eigenvalue weighted by atomic mass is 10.2. The van der Waals surface area contributed by atoms with Gasteiger partial charge in [-0.05, 0) is 12.5 Å². The van der Waals surface area contributed by atoms with Gasteiger partial charge in [0.1, 0.15) is 0 Å². The normalized spacial score (nSPS) is 9.85. The molecule has 1 aromatic carbocycles. The molecule has 0 unspecified atom stereocenters. The molecule has 8 heteroatoms. The van der Waals surface area contributed by atoms with Crippen molar-refractivity contribution >= 4 is 17.6 Å². The minimum Gasteiger partial charge on any atom is -0.478 e. The molecule has 0 bridgehead atoms. The smallest absolute Gasteiger partial charge is 0.335 e. The summed E-state index contributed by atoms with van der Waals surface area (Å²) in [4.78, 5) is 32.3. The maximum atomic E-state index is 11.4. The molecule has 0 aliphatic rings. The zero-order valence-corrected chi connectivity index (χ0v) is 10.8. The van der Waals surface area contributed by atoms with Crippen molar-refractivity contribution in [3.63, 3.8) is 0 Å². The maximum Gasteiger partial charge on any atom is 0.335 e. The number of hydrogen-bond donors (Lipinski definition) is 2. The van der Waals surface area contributed by atoms with E-state index in [1.165, 1.54) is 0 Å². The molecule has 108 valence electrons. The first kappa shape index (κ1) is 15.4. The molecule has 8 nitrogen and oxygen atoms in total. The standard InChI is InChI=1S/C12H14N2O6/c1-2-5-13-11(15)7-20-10-6-8(12(16)17)3-4-9(10)14(18)19/h3-4,6H,2,5,7H2,1H3,(H,13,15)(H,16,17). The van der Waals surface area contributed by atoms with E-state index in [2.05, 4.69) is 5.32 Å². The van der Waals surface area contributed by atoms with Gasteiger partial charge >= 0.3 is 11.7 Å². The molecular formula is C12H14N2O6. The van der Waals surface area contributed by atoms with Crippen LogP contribution in [0.4, 0.5) is 5.69 Å². The van der Waals surface area contributed by atoms with Crippen LogP contribution in [0.2, 0.25) is 0 Å². The maximum absolute atomic E-state index is 11.4.